The number of rotatable bonds is 4. The Kier molecular flexibility index (Phi) is 5.54. The van der Waals surface area contributed by atoms with Gasteiger partial charge in [0.05, 0.1) is 13.1 Å². The van der Waals surface area contributed by atoms with E-state index in [0.29, 0.717) is 12.4 Å². The molecule has 0 fully saturated rings. The molecule has 6 nitrogen and oxygen atoms in total. The Labute approximate surface area is 165 Å². The van der Waals surface area contributed by atoms with Crippen molar-refractivity contribution in [2.24, 2.45) is 0 Å². The summed E-state index contributed by atoms with van der Waals surface area (Å²) in [7, 11) is 0. The molecule has 0 bridgehead atoms. The first-order valence-corrected chi connectivity index (χ1v) is 10.1. The van der Waals surface area contributed by atoms with Gasteiger partial charge in [0.1, 0.15) is 24.0 Å². The summed E-state index contributed by atoms with van der Waals surface area (Å²) in [6, 6.07) is 12.6. The van der Waals surface area contributed by atoms with Gasteiger partial charge in [-0.25, -0.2) is 0 Å². The Balaban J connectivity index is 1.50. The molecule has 1 atom stereocenters. The van der Waals surface area contributed by atoms with Crippen LogP contribution in [0.15, 0.2) is 42.2 Å². The van der Waals surface area contributed by atoms with Crippen molar-refractivity contribution in [2.45, 2.75) is 38.6 Å². The van der Waals surface area contributed by atoms with E-state index >= 15 is 0 Å². The summed E-state index contributed by atoms with van der Waals surface area (Å²) in [6.07, 6.45) is 7.42. The van der Waals surface area contributed by atoms with Crippen molar-refractivity contribution in [3.63, 3.8) is 0 Å². The van der Waals surface area contributed by atoms with Gasteiger partial charge >= 0.3 is 0 Å². The fourth-order valence-electron chi connectivity index (χ4n) is 4.10. The van der Waals surface area contributed by atoms with E-state index in [2.05, 4.69) is 46.6 Å². The molecule has 4 rings (SSSR count). The molecule has 0 aliphatic carbocycles. The van der Waals surface area contributed by atoms with Crippen LogP contribution in [0.5, 0.6) is 0 Å². The Morgan fingerprint density at radius 3 is 2.75 bits per heavy atom. The van der Waals surface area contributed by atoms with Crippen molar-refractivity contribution >= 4 is 11.1 Å². The average Bonchev–Trinajstić information content (AvgIpc) is 2.97. The molecule has 0 radical (unpaired) electrons. The van der Waals surface area contributed by atoms with E-state index in [9.17, 15) is 10.4 Å². The average molecular weight is 376 g/mol. The number of benzene rings is 1. The number of nitrogens with one attached hydrogen (secondary N) is 1. The van der Waals surface area contributed by atoms with Gasteiger partial charge < -0.3 is 14.6 Å². The molecule has 0 amide bonds. The molecule has 144 valence electrons. The zero-order chi connectivity index (χ0) is 19.3. The van der Waals surface area contributed by atoms with Crippen LogP contribution in [0.1, 0.15) is 42.9 Å². The lowest BCUT2D eigenvalue weighted by atomic mass is 9.99. The number of aromatic nitrogens is 3. The van der Waals surface area contributed by atoms with E-state index in [1.165, 1.54) is 16.0 Å². The summed E-state index contributed by atoms with van der Waals surface area (Å²) in [4.78, 5) is 1.25. The van der Waals surface area contributed by atoms with Crippen LogP contribution in [0, 0.1) is 11.3 Å². The van der Waals surface area contributed by atoms with Gasteiger partial charge in [0.2, 0.25) is 0 Å². The maximum absolute atomic E-state index is 10.7. The summed E-state index contributed by atoms with van der Waals surface area (Å²) in [5, 5.41) is 28.9. The molecule has 2 aromatic rings. The third-order valence-corrected chi connectivity index (χ3v) is 5.68. The number of hydrogen-bond donors (Lipinski definition) is 2. The van der Waals surface area contributed by atoms with Crippen LogP contribution >= 0.6 is 0 Å². The van der Waals surface area contributed by atoms with E-state index in [-0.39, 0.29) is 11.3 Å². The molecule has 2 N–H and O–H groups in total. The van der Waals surface area contributed by atoms with Crippen molar-refractivity contribution in [1.29, 1.82) is 5.26 Å². The number of nitriles is 1. The fourth-order valence-corrected chi connectivity index (χ4v) is 4.10. The van der Waals surface area contributed by atoms with Crippen molar-refractivity contribution in [3.05, 3.63) is 59.4 Å². The van der Waals surface area contributed by atoms with Gasteiger partial charge in [0.15, 0.2) is 11.6 Å². The summed E-state index contributed by atoms with van der Waals surface area (Å²) in [5.41, 5.74) is 2.90. The Bertz CT molecular complexity index is 936. The predicted molar refractivity (Wildman–Crippen MR) is 107 cm³/mol. The zero-order valence-electron chi connectivity index (χ0n) is 16.1. The molecule has 28 heavy (non-hydrogen) atoms. The van der Waals surface area contributed by atoms with Crippen LogP contribution in [0.4, 0.5) is 0 Å². The summed E-state index contributed by atoms with van der Waals surface area (Å²) in [6.45, 7) is 3.02. The van der Waals surface area contributed by atoms with Crippen molar-refractivity contribution < 1.29 is 10.0 Å². The largest absolute Gasteiger partial charge is 0.506 e. The maximum atomic E-state index is 10.7. The molecule has 2 aliphatic rings. The molecule has 1 unspecified atom stereocenters. The summed E-state index contributed by atoms with van der Waals surface area (Å²) < 4.78 is 2.01. The van der Waals surface area contributed by atoms with E-state index in [1.54, 1.807) is 0 Å². The lowest BCUT2D eigenvalue weighted by molar-refractivity contribution is -0.891. The molecule has 6 heteroatoms. The third-order valence-electron chi connectivity index (χ3n) is 5.68. The van der Waals surface area contributed by atoms with E-state index in [1.807, 2.05) is 10.6 Å². The minimum absolute atomic E-state index is 0.119. The van der Waals surface area contributed by atoms with Gasteiger partial charge in [0.25, 0.3) is 0 Å². The third kappa shape index (κ3) is 3.85. The van der Waals surface area contributed by atoms with Crippen LogP contribution in [-0.4, -0.2) is 39.5 Å². The van der Waals surface area contributed by atoms with Crippen molar-refractivity contribution in [3.8, 4) is 6.07 Å². The molecule has 1 aromatic heterocycles. The quantitative estimate of drug-likeness (QED) is 0.633. The summed E-state index contributed by atoms with van der Waals surface area (Å²) in [5.74, 6) is 1.57. The first-order valence-electron chi connectivity index (χ1n) is 10.1. The molecular formula is C22H26N5O+. The number of allylic oxidation sites excluding steroid dienone is 1. The lowest BCUT2D eigenvalue weighted by Gasteiger charge is -2.23. The Hall–Kier alpha value is -2.91. The first kappa shape index (κ1) is 18.5. The van der Waals surface area contributed by atoms with Crippen LogP contribution in [0.25, 0.3) is 11.1 Å². The van der Waals surface area contributed by atoms with Crippen LogP contribution in [0.3, 0.4) is 0 Å². The number of aliphatic hydroxyl groups excluding tert-OH is 1. The number of quaternary nitrogens is 1. The molecule has 0 spiro atoms. The molecule has 0 saturated heterocycles. The van der Waals surface area contributed by atoms with Gasteiger partial charge in [-0.1, -0.05) is 36.8 Å². The molecular weight excluding hydrogens is 350 g/mol. The smallest absolute Gasteiger partial charge is 0.178 e. The highest BCUT2D eigenvalue weighted by atomic mass is 16.3. The van der Waals surface area contributed by atoms with E-state index < -0.39 is 0 Å². The second kappa shape index (κ2) is 8.41. The second-order valence-electron chi connectivity index (χ2n) is 7.56. The second-order valence-corrected chi connectivity index (χ2v) is 7.56. The normalized spacial score (nSPS) is 20.4. The zero-order valence-corrected chi connectivity index (χ0v) is 16.1. The van der Waals surface area contributed by atoms with Gasteiger partial charge in [-0.15, -0.1) is 10.2 Å². The fraction of sp³-hybridized carbons (Fsp3) is 0.409. The van der Waals surface area contributed by atoms with Gasteiger partial charge in [-0.2, -0.15) is 5.26 Å². The topological polar surface area (TPSA) is 79.2 Å². The molecule has 0 saturated carbocycles. The Morgan fingerprint density at radius 2 is 2.00 bits per heavy atom. The van der Waals surface area contributed by atoms with Crippen molar-refractivity contribution in [2.75, 3.05) is 19.6 Å². The monoisotopic (exact) mass is 376 g/mol. The number of aryl methyl sites for hydroxylation is 1. The maximum Gasteiger partial charge on any atom is 0.178 e. The first-order chi connectivity index (χ1) is 13.8. The molecule has 2 aliphatic heterocycles. The van der Waals surface area contributed by atoms with Gasteiger partial charge in [-0.3, -0.25) is 0 Å². The number of aliphatic hydroxyl groups is 1. The summed E-state index contributed by atoms with van der Waals surface area (Å²) >= 11 is 0. The van der Waals surface area contributed by atoms with E-state index in [4.69, 9.17) is 0 Å². The number of nitrogens with zero attached hydrogens (tertiary/aromatic N) is 4. The number of fused-ring (bicyclic) bond motifs is 1. The minimum Gasteiger partial charge on any atom is -0.506 e. The highest BCUT2D eigenvalue weighted by Gasteiger charge is 2.24. The molecule has 3 heterocycles. The standard InChI is InChI=1S/C22H25N5O/c23-15-19(22-25-24-21-9-5-2-6-12-27(21)22)20(28)16-26-13-10-18(11-14-26)17-7-3-1-4-8-17/h1,3-4,7-8,10,28H,2,5-6,9,11-14,16H2/p+1/b20-19-. The minimum atomic E-state index is 0.119. The van der Waals surface area contributed by atoms with Gasteiger partial charge in [-0.05, 0) is 30.1 Å². The van der Waals surface area contributed by atoms with E-state index in [0.717, 1.165) is 57.6 Å². The van der Waals surface area contributed by atoms with Gasteiger partial charge in [0, 0.05) is 19.4 Å². The highest BCUT2D eigenvalue weighted by molar-refractivity contribution is 5.74. The predicted octanol–water partition coefficient (Wildman–Crippen LogP) is 2.17. The van der Waals surface area contributed by atoms with Crippen LogP contribution < -0.4 is 4.90 Å². The lowest BCUT2D eigenvalue weighted by Crippen LogP contribution is -3.12. The highest BCUT2D eigenvalue weighted by Crippen LogP contribution is 2.21. The number of hydrogen-bond acceptors (Lipinski definition) is 4. The molecule has 1 aromatic carbocycles. The van der Waals surface area contributed by atoms with Crippen LogP contribution in [-0.2, 0) is 13.0 Å². The SMILES string of the molecule is N#C/C(=C(/O)C[NH+]1CC=C(c2ccccc2)CC1)c1nnc2n1CCCCC2. The Morgan fingerprint density at radius 1 is 1.14 bits per heavy atom. The van der Waals surface area contributed by atoms with Crippen LogP contribution in [0.2, 0.25) is 0 Å². The van der Waals surface area contributed by atoms with Crippen molar-refractivity contribution in [1.82, 2.24) is 14.8 Å².